The molecule has 23 heavy (non-hydrogen) atoms. The number of halogens is 1. The van der Waals surface area contributed by atoms with Gasteiger partial charge in [0.2, 0.25) is 5.91 Å². The Labute approximate surface area is 141 Å². The van der Waals surface area contributed by atoms with Gasteiger partial charge in [-0.1, -0.05) is 25.1 Å². The smallest absolute Gasteiger partial charge is 0.272 e. The van der Waals surface area contributed by atoms with E-state index in [0.29, 0.717) is 17.8 Å². The summed E-state index contributed by atoms with van der Waals surface area (Å²) in [4.78, 5) is 23.6. The number of nitrogens with one attached hydrogen (secondary N) is 2. The first-order valence-electron chi connectivity index (χ1n) is 7.09. The fraction of sp³-hybridized carbons (Fsp3) is 0.250. The van der Waals surface area contributed by atoms with Crippen LogP contribution in [-0.4, -0.2) is 22.9 Å². The molecule has 0 aliphatic carbocycles. The summed E-state index contributed by atoms with van der Waals surface area (Å²) in [7, 11) is 1.70. The number of hydrogen-bond acceptors (Lipinski definition) is 3. The van der Waals surface area contributed by atoms with Gasteiger partial charge < -0.3 is 20.9 Å². The minimum Gasteiger partial charge on any atom is -0.366 e. The van der Waals surface area contributed by atoms with Crippen molar-refractivity contribution in [3.05, 3.63) is 53.3 Å². The Hall–Kier alpha value is -2.31. The molecule has 2 amide bonds. The van der Waals surface area contributed by atoms with E-state index in [2.05, 4.69) is 10.6 Å². The molecule has 0 saturated heterocycles. The molecule has 0 aliphatic rings. The lowest BCUT2D eigenvalue weighted by Crippen LogP contribution is -2.18. The number of aromatic nitrogens is 1. The standard InChI is InChI=1S/C16H20N4O2.ClH/c1-3-18-9-11-6-4-5-7-13(11)19-16(22)14-8-12(15(17)21)10-20(14)2;/h4-8,10,18H,3,9H2,1-2H3,(H2,17,21)(H,19,22);1H. The zero-order valence-electron chi connectivity index (χ0n) is 13.1. The van der Waals surface area contributed by atoms with Crippen LogP contribution in [0, 0.1) is 0 Å². The second-order valence-corrected chi connectivity index (χ2v) is 4.98. The number of rotatable bonds is 6. The van der Waals surface area contributed by atoms with Crippen molar-refractivity contribution in [2.24, 2.45) is 12.8 Å². The maximum atomic E-state index is 12.4. The summed E-state index contributed by atoms with van der Waals surface area (Å²) in [6, 6.07) is 9.09. The molecule has 1 aromatic heterocycles. The van der Waals surface area contributed by atoms with Crippen LogP contribution in [0.5, 0.6) is 0 Å². The Morgan fingerprint density at radius 2 is 1.96 bits per heavy atom. The number of hydrogen-bond donors (Lipinski definition) is 3. The minimum absolute atomic E-state index is 0. The largest absolute Gasteiger partial charge is 0.366 e. The highest BCUT2D eigenvalue weighted by Gasteiger charge is 2.15. The molecule has 0 aliphatic heterocycles. The van der Waals surface area contributed by atoms with E-state index in [4.69, 9.17) is 5.73 Å². The van der Waals surface area contributed by atoms with Gasteiger partial charge >= 0.3 is 0 Å². The third-order valence-corrected chi connectivity index (χ3v) is 3.35. The SMILES string of the molecule is CCNCc1ccccc1NC(=O)c1cc(C(N)=O)cn1C.Cl. The Bertz CT molecular complexity index is 697. The van der Waals surface area contributed by atoms with Crippen LogP contribution in [0.3, 0.4) is 0 Å². The van der Waals surface area contributed by atoms with Crippen molar-refractivity contribution in [2.45, 2.75) is 13.5 Å². The Kier molecular flexibility index (Phi) is 6.81. The van der Waals surface area contributed by atoms with Crippen molar-refractivity contribution in [2.75, 3.05) is 11.9 Å². The summed E-state index contributed by atoms with van der Waals surface area (Å²) in [5.74, 6) is -0.832. The fourth-order valence-corrected chi connectivity index (χ4v) is 2.17. The van der Waals surface area contributed by atoms with Gasteiger partial charge in [0.1, 0.15) is 5.69 Å². The molecular weight excluding hydrogens is 316 g/mol. The summed E-state index contributed by atoms with van der Waals surface area (Å²) in [5.41, 5.74) is 7.68. The molecule has 0 radical (unpaired) electrons. The highest BCUT2D eigenvalue weighted by Crippen LogP contribution is 2.17. The second kappa shape index (κ2) is 8.36. The lowest BCUT2D eigenvalue weighted by atomic mass is 10.1. The number of amides is 2. The average Bonchev–Trinajstić information content (AvgIpc) is 2.88. The number of nitrogens with zero attached hydrogens (tertiary/aromatic N) is 1. The van der Waals surface area contributed by atoms with Crippen LogP contribution in [0.4, 0.5) is 5.69 Å². The van der Waals surface area contributed by atoms with Gasteiger partial charge in [-0.15, -0.1) is 12.4 Å². The monoisotopic (exact) mass is 336 g/mol. The number of nitrogens with two attached hydrogens (primary N) is 1. The number of carbonyl (C=O) groups is 2. The molecule has 0 spiro atoms. The maximum absolute atomic E-state index is 12.4. The van der Waals surface area contributed by atoms with E-state index in [0.717, 1.165) is 17.8 Å². The summed E-state index contributed by atoms with van der Waals surface area (Å²) in [6.07, 6.45) is 1.54. The van der Waals surface area contributed by atoms with E-state index in [1.165, 1.54) is 6.07 Å². The zero-order valence-corrected chi connectivity index (χ0v) is 13.9. The van der Waals surface area contributed by atoms with Crippen LogP contribution in [0.2, 0.25) is 0 Å². The second-order valence-electron chi connectivity index (χ2n) is 4.98. The van der Waals surface area contributed by atoms with Crippen LogP contribution in [0.1, 0.15) is 33.3 Å². The number of primary amides is 1. The third-order valence-electron chi connectivity index (χ3n) is 3.35. The molecule has 2 rings (SSSR count). The molecule has 0 fully saturated rings. The lowest BCUT2D eigenvalue weighted by molar-refractivity contribution is 0.0998. The van der Waals surface area contributed by atoms with Crippen molar-refractivity contribution < 1.29 is 9.59 Å². The van der Waals surface area contributed by atoms with Gasteiger partial charge in [0.25, 0.3) is 5.91 Å². The molecule has 0 atom stereocenters. The van der Waals surface area contributed by atoms with Crippen molar-refractivity contribution in [3.8, 4) is 0 Å². The first-order valence-corrected chi connectivity index (χ1v) is 7.09. The number of para-hydroxylation sites is 1. The van der Waals surface area contributed by atoms with Crippen molar-refractivity contribution in [3.63, 3.8) is 0 Å². The molecule has 2 aromatic rings. The number of carbonyl (C=O) groups excluding carboxylic acids is 2. The van der Waals surface area contributed by atoms with Crippen molar-refractivity contribution >= 4 is 29.9 Å². The molecule has 1 aromatic carbocycles. The van der Waals surface area contributed by atoms with Crippen LogP contribution >= 0.6 is 12.4 Å². The zero-order chi connectivity index (χ0) is 16.1. The van der Waals surface area contributed by atoms with Crippen LogP contribution in [-0.2, 0) is 13.6 Å². The predicted octanol–water partition coefficient (Wildman–Crippen LogP) is 1.91. The highest BCUT2D eigenvalue weighted by atomic mass is 35.5. The van der Waals surface area contributed by atoms with Gasteiger partial charge in [-0.25, -0.2) is 0 Å². The van der Waals surface area contributed by atoms with E-state index in [9.17, 15) is 9.59 Å². The van der Waals surface area contributed by atoms with Crippen molar-refractivity contribution in [1.29, 1.82) is 0 Å². The Morgan fingerprint density at radius 3 is 2.57 bits per heavy atom. The van der Waals surface area contributed by atoms with Gasteiger partial charge in [0, 0.05) is 25.5 Å². The normalized spacial score (nSPS) is 10.0. The molecule has 6 nitrogen and oxygen atoms in total. The van der Waals surface area contributed by atoms with Crippen LogP contribution in [0.25, 0.3) is 0 Å². The highest BCUT2D eigenvalue weighted by molar-refractivity contribution is 6.05. The van der Waals surface area contributed by atoms with Gasteiger partial charge in [-0.2, -0.15) is 0 Å². The van der Waals surface area contributed by atoms with Gasteiger partial charge in [-0.3, -0.25) is 9.59 Å². The molecule has 4 N–H and O–H groups in total. The molecule has 1 heterocycles. The molecule has 0 bridgehead atoms. The Balaban J connectivity index is 0.00000264. The molecule has 124 valence electrons. The average molecular weight is 337 g/mol. The summed E-state index contributed by atoms with van der Waals surface area (Å²) >= 11 is 0. The first-order chi connectivity index (χ1) is 10.5. The van der Waals surface area contributed by atoms with Gasteiger partial charge in [0.15, 0.2) is 0 Å². The summed E-state index contributed by atoms with van der Waals surface area (Å²) in [6.45, 7) is 3.55. The number of benzene rings is 1. The van der Waals surface area contributed by atoms with E-state index in [-0.39, 0.29) is 18.3 Å². The number of aryl methyl sites for hydroxylation is 1. The van der Waals surface area contributed by atoms with Crippen molar-refractivity contribution in [1.82, 2.24) is 9.88 Å². The predicted molar refractivity (Wildman–Crippen MR) is 93.0 cm³/mol. The van der Waals surface area contributed by atoms with Crippen LogP contribution < -0.4 is 16.4 Å². The minimum atomic E-state index is -0.554. The topological polar surface area (TPSA) is 89.2 Å². The van der Waals surface area contributed by atoms with E-state index >= 15 is 0 Å². The lowest BCUT2D eigenvalue weighted by Gasteiger charge is -2.11. The summed E-state index contributed by atoms with van der Waals surface area (Å²) < 4.78 is 1.59. The fourth-order valence-electron chi connectivity index (χ4n) is 2.17. The molecular formula is C16H21ClN4O2. The quantitative estimate of drug-likeness (QED) is 0.752. The van der Waals surface area contributed by atoms with Gasteiger partial charge in [-0.05, 0) is 24.2 Å². The molecule has 0 unspecified atom stereocenters. The molecule has 0 saturated carbocycles. The van der Waals surface area contributed by atoms with Gasteiger partial charge in [0.05, 0.1) is 5.56 Å². The van der Waals surface area contributed by atoms with E-state index in [1.54, 1.807) is 17.8 Å². The summed E-state index contributed by atoms with van der Waals surface area (Å²) in [5, 5.41) is 6.11. The van der Waals surface area contributed by atoms with Crippen LogP contribution in [0.15, 0.2) is 36.5 Å². The Morgan fingerprint density at radius 1 is 1.26 bits per heavy atom. The molecule has 7 heteroatoms. The third kappa shape index (κ3) is 4.58. The number of anilines is 1. The first kappa shape index (κ1) is 18.7. The maximum Gasteiger partial charge on any atom is 0.272 e. The van der Waals surface area contributed by atoms with E-state index < -0.39 is 5.91 Å². The van der Waals surface area contributed by atoms with E-state index in [1.807, 2.05) is 31.2 Å².